The number of rotatable bonds is 6. The molecule has 0 aliphatic rings. The Balaban J connectivity index is 1.61. The molecule has 3 aromatic rings. The first kappa shape index (κ1) is 16.8. The number of ether oxygens (including phenoxy) is 1. The fourth-order valence-electron chi connectivity index (χ4n) is 2.50. The van der Waals surface area contributed by atoms with E-state index in [2.05, 4.69) is 5.10 Å². The molecule has 0 saturated heterocycles. The maximum atomic E-state index is 12.4. The molecule has 0 saturated carbocycles. The molecule has 25 heavy (non-hydrogen) atoms. The highest BCUT2D eigenvalue weighted by atomic mass is 16.5. The van der Waals surface area contributed by atoms with Crippen LogP contribution in [0.15, 0.2) is 67.0 Å². The van der Waals surface area contributed by atoms with E-state index in [1.807, 2.05) is 61.5 Å². The Kier molecular flexibility index (Phi) is 5.14. The largest absolute Gasteiger partial charge is 0.457 e. The SMILES string of the molecule is CCn1cc(C(=O)N(C)Cc2ccc(Oc3ccccc3)cc2)cn1. The highest BCUT2D eigenvalue weighted by molar-refractivity contribution is 5.93. The van der Waals surface area contributed by atoms with Crippen molar-refractivity contribution in [1.29, 1.82) is 0 Å². The van der Waals surface area contributed by atoms with Gasteiger partial charge < -0.3 is 9.64 Å². The van der Waals surface area contributed by atoms with Crippen molar-refractivity contribution in [2.45, 2.75) is 20.0 Å². The minimum atomic E-state index is -0.0377. The quantitative estimate of drug-likeness (QED) is 0.685. The third-order valence-electron chi connectivity index (χ3n) is 3.87. The number of hydrogen-bond donors (Lipinski definition) is 0. The predicted molar refractivity (Wildman–Crippen MR) is 96.7 cm³/mol. The number of aromatic nitrogens is 2. The number of carbonyl (C=O) groups excluding carboxylic acids is 1. The van der Waals surface area contributed by atoms with E-state index in [9.17, 15) is 4.79 Å². The lowest BCUT2D eigenvalue weighted by Gasteiger charge is -2.16. The Bertz CT molecular complexity index is 826. The van der Waals surface area contributed by atoms with Gasteiger partial charge in [-0.3, -0.25) is 9.48 Å². The zero-order valence-corrected chi connectivity index (χ0v) is 14.4. The second kappa shape index (κ2) is 7.66. The van der Waals surface area contributed by atoms with Crippen LogP contribution in [0.3, 0.4) is 0 Å². The number of aryl methyl sites for hydroxylation is 1. The summed E-state index contributed by atoms with van der Waals surface area (Å²) in [5.74, 6) is 1.54. The van der Waals surface area contributed by atoms with Crippen molar-refractivity contribution in [3.05, 3.63) is 78.1 Å². The van der Waals surface area contributed by atoms with Crippen molar-refractivity contribution >= 4 is 5.91 Å². The summed E-state index contributed by atoms with van der Waals surface area (Å²) >= 11 is 0. The van der Waals surface area contributed by atoms with Gasteiger partial charge in [0.2, 0.25) is 0 Å². The molecule has 0 N–H and O–H groups in total. The van der Waals surface area contributed by atoms with E-state index >= 15 is 0 Å². The average molecular weight is 335 g/mol. The van der Waals surface area contributed by atoms with Crippen LogP contribution in [0.2, 0.25) is 0 Å². The molecule has 2 aromatic carbocycles. The van der Waals surface area contributed by atoms with Gasteiger partial charge in [0.15, 0.2) is 0 Å². The van der Waals surface area contributed by atoms with Crippen LogP contribution in [-0.2, 0) is 13.1 Å². The first-order chi connectivity index (χ1) is 12.2. The molecule has 1 amide bonds. The van der Waals surface area contributed by atoms with Crippen LogP contribution in [0.25, 0.3) is 0 Å². The second-order valence-corrected chi connectivity index (χ2v) is 5.80. The molecule has 1 heterocycles. The Hall–Kier alpha value is -3.08. The summed E-state index contributed by atoms with van der Waals surface area (Å²) in [4.78, 5) is 14.1. The van der Waals surface area contributed by atoms with Crippen molar-refractivity contribution in [3.63, 3.8) is 0 Å². The molecule has 0 fully saturated rings. The summed E-state index contributed by atoms with van der Waals surface area (Å²) in [6, 6.07) is 17.4. The van der Waals surface area contributed by atoms with Gasteiger partial charge in [-0.1, -0.05) is 30.3 Å². The van der Waals surface area contributed by atoms with E-state index in [4.69, 9.17) is 4.74 Å². The molecule has 128 valence electrons. The van der Waals surface area contributed by atoms with Crippen molar-refractivity contribution in [1.82, 2.24) is 14.7 Å². The van der Waals surface area contributed by atoms with Gasteiger partial charge in [0.1, 0.15) is 11.5 Å². The van der Waals surface area contributed by atoms with Crippen LogP contribution in [0.1, 0.15) is 22.8 Å². The van der Waals surface area contributed by atoms with E-state index in [1.165, 1.54) is 0 Å². The lowest BCUT2D eigenvalue weighted by Crippen LogP contribution is -2.25. The summed E-state index contributed by atoms with van der Waals surface area (Å²) < 4.78 is 7.53. The van der Waals surface area contributed by atoms with Gasteiger partial charge in [-0.25, -0.2) is 0 Å². The topological polar surface area (TPSA) is 47.4 Å². The zero-order chi connectivity index (χ0) is 17.6. The number of carbonyl (C=O) groups is 1. The average Bonchev–Trinajstić information content (AvgIpc) is 3.13. The van der Waals surface area contributed by atoms with E-state index < -0.39 is 0 Å². The summed E-state index contributed by atoms with van der Waals surface area (Å²) in [6.45, 7) is 3.27. The molecular weight excluding hydrogens is 314 g/mol. The zero-order valence-electron chi connectivity index (χ0n) is 14.4. The summed E-state index contributed by atoms with van der Waals surface area (Å²) in [6.07, 6.45) is 3.38. The Morgan fingerprint density at radius 2 is 1.76 bits per heavy atom. The van der Waals surface area contributed by atoms with Gasteiger partial charge in [-0.15, -0.1) is 0 Å². The van der Waals surface area contributed by atoms with Crippen LogP contribution < -0.4 is 4.74 Å². The van der Waals surface area contributed by atoms with Crippen LogP contribution in [0, 0.1) is 0 Å². The lowest BCUT2D eigenvalue weighted by atomic mass is 10.2. The Morgan fingerprint density at radius 1 is 1.08 bits per heavy atom. The van der Waals surface area contributed by atoms with Gasteiger partial charge in [0.25, 0.3) is 5.91 Å². The highest BCUT2D eigenvalue weighted by Gasteiger charge is 2.14. The first-order valence-corrected chi connectivity index (χ1v) is 8.25. The van der Waals surface area contributed by atoms with Gasteiger partial charge in [-0.2, -0.15) is 5.10 Å². The third-order valence-corrected chi connectivity index (χ3v) is 3.87. The molecule has 0 unspecified atom stereocenters. The highest BCUT2D eigenvalue weighted by Crippen LogP contribution is 2.21. The van der Waals surface area contributed by atoms with E-state index in [0.717, 1.165) is 23.6 Å². The van der Waals surface area contributed by atoms with Gasteiger partial charge >= 0.3 is 0 Å². The molecular formula is C20H21N3O2. The third kappa shape index (κ3) is 4.26. The normalized spacial score (nSPS) is 10.5. The van der Waals surface area contributed by atoms with Gasteiger partial charge in [0.05, 0.1) is 11.8 Å². The molecule has 5 nitrogen and oxygen atoms in total. The molecule has 0 bridgehead atoms. The molecule has 5 heteroatoms. The summed E-state index contributed by atoms with van der Waals surface area (Å²) in [5.41, 5.74) is 1.65. The maximum absolute atomic E-state index is 12.4. The second-order valence-electron chi connectivity index (χ2n) is 5.80. The molecule has 0 radical (unpaired) electrons. The molecule has 0 aliphatic carbocycles. The minimum Gasteiger partial charge on any atom is -0.457 e. The molecule has 0 atom stereocenters. The summed E-state index contributed by atoms with van der Waals surface area (Å²) in [7, 11) is 1.79. The molecule has 3 rings (SSSR count). The number of benzene rings is 2. The van der Waals surface area contributed by atoms with Crippen molar-refractivity contribution < 1.29 is 9.53 Å². The predicted octanol–water partition coefficient (Wildman–Crippen LogP) is 3.97. The molecule has 0 spiro atoms. The number of para-hydroxylation sites is 1. The van der Waals surface area contributed by atoms with Gasteiger partial charge in [0, 0.05) is 26.3 Å². The van der Waals surface area contributed by atoms with Crippen LogP contribution in [0.5, 0.6) is 11.5 Å². The summed E-state index contributed by atoms with van der Waals surface area (Å²) in [5, 5.41) is 4.15. The number of nitrogens with zero attached hydrogens (tertiary/aromatic N) is 3. The van der Waals surface area contributed by atoms with Gasteiger partial charge in [-0.05, 0) is 36.8 Å². The maximum Gasteiger partial charge on any atom is 0.257 e. The lowest BCUT2D eigenvalue weighted by molar-refractivity contribution is 0.0785. The standard InChI is InChI=1S/C20H21N3O2/c1-3-23-15-17(13-21-23)20(24)22(2)14-16-9-11-19(12-10-16)25-18-7-5-4-6-8-18/h4-13,15H,3,14H2,1-2H3. The first-order valence-electron chi connectivity index (χ1n) is 8.25. The molecule has 1 aromatic heterocycles. The van der Waals surface area contributed by atoms with Crippen LogP contribution >= 0.6 is 0 Å². The Labute approximate surface area is 147 Å². The van der Waals surface area contributed by atoms with E-state index in [0.29, 0.717) is 12.1 Å². The monoisotopic (exact) mass is 335 g/mol. The van der Waals surface area contributed by atoms with Crippen molar-refractivity contribution in [3.8, 4) is 11.5 Å². The molecule has 0 aliphatic heterocycles. The number of amides is 1. The Morgan fingerprint density at radius 3 is 2.40 bits per heavy atom. The fourth-order valence-corrected chi connectivity index (χ4v) is 2.50. The smallest absolute Gasteiger partial charge is 0.257 e. The van der Waals surface area contributed by atoms with E-state index in [-0.39, 0.29) is 5.91 Å². The fraction of sp³-hybridized carbons (Fsp3) is 0.200. The van der Waals surface area contributed by atoms with Crippen molar-refractivity contribution in [2.24, 2.45) is 0 Å². The van der Waals surface area contributed by atoms with Crippen LogP contribution in [0.4, 0.5) is 0 Å². The van der Waals surface area contributed by atoms with E-state index in [1.54, 1.807) is 29.0 Å². The van der Waals surface area contributed by atoms with Crippen molar-refractivity contribution in [2.75, 3.05) is 7.05 Å². The number of hydrogen-bond acceptors (Lipinski definition) is 3. The minimum absolute atomic E-state index is 0.0377. The van der Waals surface area contributed by atoms with Crippen LogP contribution in [-0.4, -0.2) is 27.6 Å².